The molecule has 4 aromatic rings. The SMILES string of the molecule is CCn1c(CCc2cn(-c3cccc(Cl)c3)cn2)nnc1-c1ccncc1. The number of pyridine rings is 1. The van der Waals surface area contributed by atoms with Gasteiger partial charge in [0.2, 0.25) is 0 Å². The van der Waals surface area contributed by atoms with E-state index >= 15 is 0 Å². The van der Waals surface area contributed by atoms with Crippen LogP contribution in [0.2, 0.25) is 5.02 Å². The molecule has 0 aliphatic heterocycles. The molecule has 6 nitrogen and oxygen atoms in total. The molecule has 7 heteroatoms. The number of aromatic nitrogens is 6. The maximum atomic E-state index is 6.07. The summed E-state index contributed by atoms with van der Waals surface area (Å²) in [6, 6.07) is 11.6. The topological polar surface area (TPSA) is 61.4 Å². The Hall–Kier alpha value is -2.99. The summed E-state index contributed by atoms with van der Waals surface area (Å²) in [5.41, 5.74) is 3.03. The first-order valence-electron chi connectivity index (χ1n) is 8.86. The molecule has 0 unspecified atom stereocenters. The molecule has 0 saturated carbocycles. The highest BCUT2D eigenvalue weighted by molar-refractivity contribution is 6.30. The highest BCUT2D eigenvalue weighted by Crippen LogP contribution is 2.19. The molecule has 136 valence electrons. The van der Waals surface area contributed by atoms with Gasteiger partial charge in [-0.25, -0.2) is 4.98 Å². The second-order valence-corrected chi connectivity index (χ2v) is 6.61. The standard InChI is InChI=1S/C20H19ClN6/c1-2-27-19(24-25-20(27)15-8-10-22-11-9-15)7-6-17-13-26(14-23-17)18-5-3-4-16(21)12-18/h3-5,8-14H,2,6-7H2,1H3. The minimum Gasteiger partial charge on any atom is -0.311 e. The van der Waals surface area contributed by atoms with E-state index < -0.39 is 0 Å². The molecule has 0 aliphatic carbocycles. The lowest BCUT2D eigenvalue weighted by Gasteiger charge is -2.07. The molecule has 0 spiro atoms. The smallest absolute Gasteiger partial charge is 0.164 e. The number of aryl methyl sites for hydroxylation is 2. The summed E-state index contributed by atoms with van der Waals surface area (Å²) in [5.74, 6) is 1.83. The molecular formula is C20H19ClN6. The molecule has 3 heterocycles. The van der Waals surface area contributed by atoms with Gasteiger partial charge in [-0.2, -0.15) is 0 Å². The molecule has 1 aromatic carbocycles. The largest absolute Gasteiger partial charge is 0.311 e. The molecule has 0 radical (unpaired) electrons. The second kappa shape index (κ2) is 7.72. The van der Waals surface area contributed by atoms with E-state index in [1.807, 2.05) is 53.5 Å². The van der Waals surface area contributed by atoms with Gasteiger partial charge < -0.3 is 9.13 Å². The molecule has 0 bridgehead atoms. The van der Waals surface area contributed by atoms with Crippen molar-refractivity contribution >= 4 is 11.6 Å². The summed E-state index contributed by atoms with van der Waals surface area (Å²) in [6.07, 6.45) is 8.95. The van der Waals surface area contributed by atoms with Crippen molar-refractivity contribution < 1.29 is 0 Å². The van der Waals surface area contributed by atoms with Crippen molar-refractivity contribution in [2.45, 2.75) is 26.3 Å². The van der Waals surface area contributed by atoms with E-state index in [1.54, 1.807) is 12.4 Å². The number of benzene rings is 1. The fraction of sp³-hybridized carbons (Fsp3) is 0.200. The number of imidazole rings is 1. The molecule has 4 rings (SSSR count). The first kappa shape index (κ1) is 17.4. The molecular weight excluding hydrogens is 360 g/mol. The van der Waals surface area contributed by atoms with E-state index in [2.05, 4.69) is 31.7 Å². The lowest BCUT2D eigenvalue weighted by atomic mass is 10.2. The van der Waals surface area contributed by atoms with E-state index in [-0.39, 0.29) is 0 Å². The van der Waals surface area contributed by atoms with Crippen molar-refractivity contribution in [3.8, 4) is 17.1 Å². The molecule has 0 N–H and O–H groups in total. The molecule has 0 saturated heterocycles. The van der Waals surface area contributed by atoms with Crippen LogP contribution in [-0.4, -0.2) is 29.3 Å². The van der Waals surface area contributed by atoms with Gasteiger partial charge >= 0.3 is 0 Å². The number of hydrogen-bond donors (Lipinski definition) is 0. The van der Waals surface area contributed by atoms with Gasteiger partial charge in [-0.05, 0) is 43.7 Å². The maximum Gasteiger partial charge on any atom is 0.164 e. The van der Waals surface area contributed by atoms with E-state index in [0.717, 1.165) is 48.0 Å². The van der Waals surface area contributed by atoms with Gasteiger partial charge in [0.25, 0.3) is 0 Å². The average molecular weight is 379 g/mol. The van der Waals surface area contributed by atoms with Gasteiger partial charge in [-0.3, -0.25) is 4.98 Å². The van der Waals surface area contributed by atoms with Crippen molar-refractivity contribution in [3.05, 3.63) is 77.9 Å². The van der Waals surface area contributed by atoms with E-state index in [0.29, 0.717) is 5.02 Å². The number of rotatable bonds is 6. The highest BCUT2D eigenvalue weighted by atomic mass is 35.5. The maximum absolute atomic E-state index is 6.07. The lowest BCUT2D eigenvalue weighted by molar-refractivity contribution is 0.691. The molecule has 27 heavy (non-hydrogen) atoms. The van der Waals surface area contributed by atoms with Crippen LogP contribution in [0.1, 0.15) is 18.4 Å². The molecule has 0 aliphatic rings. The number of nitrogens with zero attached hydrogens (tertiary/aromatic N) is 6. The van der Waals surface area contributed by atoms with Crippen LogP contribution in [0, 0.1) is 0 Å². The van der Waals surface area contributed by atoms with E-state index in [9.17, 15) is 0 Å². The minimum atomic E-state index is 0.711. The Balaban J connectivity index is 1.51. The third-order valence-electron chi connectivity index (χ3n) is 4.43. The van der Waals surface area contributed by atoms with Gasteiger partial charge in [0.1, 0.15) is 5.82 Å². The quantitative estimate of drug-likeness (QED) is 0.509. The van der Waals surface area contributed by atoms with Crippen molar-refractivity contribution in [2.75, 3.05) is 0 Å². The Morgan fingerprint density at radius 3 is 2.67 bits per heavy atom. The van der Waals surface area contributed by atoms with Gasteiger partial charge in [0.05, 0.1) is 12.0 Å². The first-order valence-corrected chi connectivity index (χ1v) is 9.23. The Morgan fingerprint density at radius 2 is 1.89 bits per heavy atom. The summed E-state index contributed by atoms with van der Waals surface area (Å²) in [5, 5.41) is 9.48. The van der Waals surface area contributed by atoms with Gasteiger partial charge in [0, 0.05) is 47.8 Å². The average Bonchev–Trinajstić information content (AvgIpc) is 3.34. The van der Waals surface area contributed by atoms with Gasteiger partial charge in [-0.1, -0.05) is 17.7 Å². The molecule has 0 fully saturated rings. The normalized spacial score (nSPS) is 11.0. The van der Waals surface area contributed by atoms with Crippen LogP contribution in [0.5, 0.6) is 0 Å². The highest BCUT2D eigenvalue weighted by Gasteiger charge is 2.13. The summed E-state index contributed by atoms with van der Waals surface area (Å²) >= 11 is 6.07. The Bertz CT molecular complexity index is 1040. The van der Waals surface area contributed by atoms with Crippen LogP contribution in [0.25, 0.3) is 17.1 Å². The fourth-order valence-corrected chi connectivity index (χ4v) is 3.26. The van der Waals surface area contributed by atoms with Crippen molar-refractivity contribution in [1.82, 2.24) is 29.3 Å². The number of halogens is 1. The third kappa shape index (κ3) is 3.75. The number of hydrogen-bond acceptors (Lipinski definition) is 4. The predicted molar refractivity (Wildman–Crippen MR) is 105 cm³/mol. The summed E-state index contributed by atoms with van der Waals surface area (Å²) in [7, 11) is 0. The van der Waals surface area contributed by atoms with Crippen molar-refractivity contribution in [1.29, 1.82) is 0 Å². The monoisotopic (exact) mass is 378 g/mol. The zero-order valence-electron chi connectivity index (χ0n) is 15.0. The fourth-order valence-electron chi connectivity index (χ4n) is 3.08. The Morgan fingerprint density at radius 1 is 1.04 bits per heavy atom. The van der Waals surface area contributed by atoms with Crippen LogP contribution in [0.3, 0.4) is 0 Å². The Labute approximate surface area is 162 Å². The Kier molecular flexibility index (Phi) is 4.98. The zero-order valence-corrected chi connectivity index (χ0v) is 15.7. The van der Waals surface area contributed by atoms with Crippen molar-refractivity contribution in [2.24, 2.45) is 0 Å². The third-order valence-corrected chi connectivity index (χ3v) is 4.66. The van der Waals surface area contributed by atoms with Crippen LogP contribution in [0.4, 0.5) is 0 Å². The van der Waals surface area contributed by atoms with Gasteiger partial charge in [-0.15, -0.1) is 10.2 Å². The van der Waals surface area contributed by atoms with Crippen LogP contribution in [-0.2, 0) is 19.4 Å². The van der Waals surface area contributed by atoms with Crippen LogP contribution >= 0.6 is 11.6 Å². The van der Waals surface area contributed by atoms with E-state index in [1.165, 1.54) is 0 Å². The summed E-state index contributed by atoms with van der Waals surface area (Å²) in [6.45, 7) is 2.92. The van der Waals surface area contributed by atoms with E-state index in [4.69, 9.17) is 11.6 Å². The molecule has 0 atom stereocenters. The predicted octanol–water partition coefficient (Wildman–Crippen LogP) is 3.98. The zero-order chi connectivity index (χ0) is 18.6. The molecule has 3 aromatic heterocycles. The summed E-state index contributed by atoms with van der Waals surface area (Å²) in [4.78, 5) is 8.58. The van der Waals surface area contributed by atoms with Gasteiger partial charge in [0.15, 0.2) is 5.82 Å². The first-order chi connectivity index (χ1) is 13.2. The second-order valence-electron chi connectivity index (χ2n) is 6.17. The van der Waals surface area contributed by atoms with Crippen LogP contribution in [0.15, 0.2) is 61.3 Å². The summed E-state index contributed by atoms with van der Waals surface area (Å²) < 4.78 is 4.12. The van der Waals surface area contributed by atoms with Crippen LogP contribution < -0.4 is 0 Å². The minimum absolute atomic E-state index is 0.711. The van der Waals surface area contributed by atoms with Crippen molar-refractivity contribution in [3.63, 3.8) is 0 Å². The molecule has 0 amide bonds. The lowest BCUT2D eigenvalue weighted by Crippen LogP contribution is -2.05.